The van der Waals surface area contributed by atoms with Gasteiger partial charge in [0.15, 0.2) is 11.5 Å². The van der Waals surface area contributed by atoms with Crippen LogP contribution in [0.4, 0.5) is 11.4 Å². The summed E-state index contributed by atoms with van der Waals surface area (Å²) in [5.74, 6) is 0.315. The molecule has 7 heteroatoms. The van der Waals surface area contributed by atoms with Gasteiger partial charge in [-0.3, -0.25) is 0 Å². The fourth-order valence-corrected chi connectivity index (χ4v) is 5.53. The van der Waals surface area contributed by atoms with Crippen LogP contribution in [-0.2, 0) is 17.3 Å². The number of benzene rings is 3. The SMILES string of the molecule is COc1ccc(O)c(CNCCCN2c3ccccc3S(=O)c3ccc(C)c(C)c32)c1O. The second-order valence-corrected chi connectivity index (χ2v) is 9.30. The van der Waals surface area contributed by atoms with Gasteiger partial charge in [-0.25, -0.2) is 4.21 Å². The number of fused-ring (bicyclic) bond motifs is 2. The molecule has 4 rings (SSSR count). The molecule has 3 N–H and O–H groups in total. The van der Waals surface area contributed by atoms with Crippen molar-refractivity contribution in [1.82, 2.24) is 5.32 Å². The van der Waals surface area contributed by atoms with E-state index in [0.29, 0.717) is 24.4 Å². The predicted octanol–water partition coefficient (Wildman–Crippen LogP) is 4.52. The lowest BCUT2D eigenvalue weighted by molar-refractivity contribution is 0.363. The number of hydrogen-bond donors (Lipinski definition) is 3. The molecule has 0 saturated carbocycles. The zero-order chi connectivity index (χ0) is 22.8. The smallest absolute Gasteiger partial charge is 0.165 e. The molecular weight excluding hydrogens is 424 g/mol. The van der Waals surface area contributed by atoms with Crippen LogP contribution in [0, 0.1) is 13.8 Å². The molecule has 0 amide bonds. The molecule has 0 aliphatic carbocycles. The molecule has 32 heavy (non-hydrogen) atoms. The standard InChI is InChI=1S/C25H28N2O4S/c1-16-9-12-23-24(17(16)2)27(19-7-4-5-8-22(19)32(23)30)14-6-13-26-15-18-20(28)10-11-21(31-3)25(18)29/h4-5,7-12,26,28-29H,6,13-15H2,1-3H3. The van der Waals surface area contributed by atoms with Crippen molar-refractivity contribution in [1.29, 1.82) is 0 Å². The number of ether oxygens (including phenoxy) is 1. The third-order valence-corrected chi connectivity index (χ3v) is 7.44. The highest BCUT2D eigenvalue weighted by molar-refractivity contribution is 7.85. The van der Waals surface area contributed by atoms with Crippen molar-refractivity contribution in [3.63, 3.8) is 0 Å². The van der Waals surface area contributed by atoms with Crippen LogP contribution in [0.25, 0.3) is 0 Å². The van der Waals surface area contributed by atoms with E-state index >= 15 is 0 Å². The van der Waals surface area contributed by atoms with Gasteiger partial charge in [0.25, 0.3) is 0 Å². The summed E-state index contributed by atoms with van der Waals surface area (Å²) in [5.41, 5.74) is 4.75. The monoisotopic (exact) mass is 452 g/mol. The van der Waals surface area contributed by atoms with Crippen LogP contribution in [0.15, 0.2) is 58.3 Å². The minimum atomic E-state index is -1.20. The summed E-state index contributed by atoms with van der Waals surface area (Å²) in [5, 5.41) is 23.6. The van der Waals surface area contributed by atoms with E-state index in [2.05, 4.69) is 24.1 Å². The van der Waals surface area contributed by atoms with Crippen LogP contribution in [0.1, 0.15) is 23.1 Å². The van der Waals surface area contributed by atoms with Crippen molar-refractivity contribution in [2.24, 2.45) is 0 Å². The largest absolute Gasteiger partial charge is 0.507 e. The first kappa shape index (κ1) is 22.2. The average molecular weight is 453 g/mol. The Hall–Kier alpha value is -3.03. The Morgan fingerprint density at radius 1 is 1.03 bits per heavy atom. The van der Waals surface area contributed by atoms with Gasteiger partial charge in [0.1, 0.15) is 5.75 Å². The molecule has 1 unspecified atom stereocenters. The first-order valence-electron chi connectivity index (χ1n) is 10.6. The third-order valence-electron chi connectivity index (χ3n) is 5.97. The van der Waals surface area contributed by atoms with E-state index in [0.717, 1.165) is 39.7 Å². The molecule has 0 fully saturated rings. The number of phenolic OH excluding ortho intramolecular Hbond substituents is 2. The van der Waals surface area contributed by atoms with E-state index in [-0.39, 0.29) is 11.5 Å². The van der Waals surface area contributed by atoms with Gasteiger partial charge in [0, 0.05) is 13.1 Å². The van der Waals surface area contributed by atoms with Gasteiger partial charge in [-0.2, -0.15) is 0 Å². The molecule has 3 aromatic rings. The van der Waals surface area contributed by atoms with Gasteiger partial charge in [-0.1, -0.05) is 18.2 Å². The van der Waals surface area contributed by atoms with Crippen LogP contribution in [0.3, 0.4) is 0 Å². The average Bonchev–Trinajstić information content (AvgIpc) is 2.80. The summed E-state index contributed by atoms with van der Waals surface area (Å²) in [6, 6.07) is 14.9. The molecule has 1 atom stereocenters. The molecule has 0 spiro atoms. The molecule has 168 valence electrons. The van der Waals surface area contributed by atoms with Gasteiger partial charge in [0.05, 0.1) is 44.6 Å². The maximum absolute atomic E-state index is 13.2. The van der Waals surface area contributed by atoms with Crippen molar-refractivity contribution in [2.45, 2.75) is 36.6 Å². The number of anilines is 2. The Kier molecular flexibility index (Phi) is 6.39. The van der Waals surface area contributed by atoms with Gasteiger partial charge < -0.3 is 25.2 Å². The zero-order valence-corrected chi connectivity index (χ0v) is 19.3. The van der Waals surface area contributed by atoms with E-state index in [4.69, 9.17) is 4.74 Å². The quantitative estimate of drug-likeness (QED) is 0.457. The third kappa shape index (κ3) is 3.94. The number of hydrogen-bond acceptors (Lipinski definition) is 6. The number of nitrogens with zero attached hydrogens (tertiary/aromatic N) is 1. The molecule has 3 aromatic carbocycles. The highest BCUT2D eigenvalue weighted by Gasteiger charge is 2.29. The number of methoxy groups -OCH3 is 1. The molecule has 1 aliphatic heterocycles. The van der Waals surface area contributed by atoms with Crippen molar-refractivity contribution < 1.29 is 19.2 Å². The predicted molar refractivity (Wildman–Crippen MR) is 127 cm³/mol. The first-order chi connectivity index (χ1) is 15.4. The number of phenols is 2. The summed E-state index contributed by atoms with van der Waals surface area (Å²) >= 11 is 0. The zero-order valence-electron chi connectivity index (χ0n) is 18.5. The molecule has 0 bridgehead atoms. The molecule has 1 heterocycles. The second-order valence-electron chi connectivity index (χ2n) is 7.89. The highest BCUT2D eigenvalue weighted by atomic mass is 32.2. The molecule has 0 saturated heterocycles. The van der Waals surface area contributed by atoms with Gasteiger partial charge in [-0.05, 0) is 68.3 Å². The number of aromatic hydroxyl groups is 2. The van der Waals surface area contributed by atoms with Crippen molar-refractivity contribution in [3.05, 3.63) is 65.2 Å². The minimum Gasteiger partial charge on any atom is -0.507 e. The number of rotatable bonds is 7. The van der Waals surface area contributed by atoms with Crippen molar-refractivity contribution in [2.75, 3.05) is 25.1 Å². The van der Waals surface area contributed by atoms with Crippen LogP contribution < -0.4 is 15.0 Å². The van der Waals surface area contributed by atoms with Crippen LogP contribution >= 0.6 is 0 Å². The van der Waals surface area contributed by atoms with E-state index in [1.54, 1.807) is 0 Å². The molecule has 0 radical (unpaired) electrons. The molecular formula is C25H28N2O4S. The summed E-state index contributed by atoms with van der Waals surface area (Å²) in [7, 11) is 0.284. The fraction of sp³-hybridized carbons (Fsp3) is 0.280. The van der Waals surface area contributed by atoms with Crippen molar-refractivity contribution in [3.8, 4) is 17.2 Å². The molecule has 0 aromatic heterocycles. The number of aryl methyl sites for hydroxylation is 1. The summed E-state index contributed by atoms with van der Waals surface area (Å²) < 4.78 is 18.3. The fourth-order valence-electron chi connectivity index (χ4n) is 4.09. The highest BCUT2D eigenvalue weighted by Crippen LogP contribution is 2.44. The second kappa shape index (κ2) is 9.22. The maximum atomic E-state index is 13.2. The van der Waals surface area contributed by atoms with Crippen molar-refractivity contribution >= 4 is 22.2 Å². The summed E-state index contributed by atoms with van der Waals surface area (Å²) in [6.07, 6.45) is 0.819. The van der Waals surface area contributed by atoms with E-state index < -0.39 is 10.8 Å². The summed E-state index contributed by atoms with van der Waals surface area (Å²) in [6.45, 7) is 5.90. The Labute approximate surface area is 190 Å². The summed E-state index contributed by atoms with van der Waals surface area (Å²) in [4.78, 5) is 3.95. The Morgan fingerprint density at radius 2 is 1.81 bits per heavy atom. The van der Waals surface area contributed by atoms with Crippen LogP contribution in [0.2, 0.25) is 0 Å². The number of nitrogens with one attached hydrogen (secondary N) is 1. The lowest BCUT2D eigenvalue weighted by Gasteiger charge is -2.34. The van der Waals surface area contributed by atoms with E-state index in [1.165, 1.54) is 24.8 Å². The molecule has 1 aliphatic rings. The van der Waals surface area contributed by atoms with Crippen LogP contribution in [-0.4, -0.2) is 34.6 Å². The van der Waals surface area contributed by atoms with E-state index in [1.807, 2.05) is 36.4 Å². The lowest BCUT2D eigenvalue weighted by Crippen LogP contribution is -2.28. The Balaban J connectivity index is 1.50. The van der Waals surface area contributed by atoms with Gasteiger partial charge >= 0.3 is 0 Å². The Bertz CT molecular complexity index is 1180. The van der Waals surface area contributed by atoms with Crippen LogP contribution in [0.5, 0.6) is 17.2 Å². The minimum absolute atomic E-state index is 0.0308. The van der Waals surface area contributed by atoms with E-state index in [9.17, 15) is 14.4 Å². The lowest BCUT2D eigenvalue weighted by atomic mass is 10.1. The number of para-hydroxylation sites is 1. The van der Waals surface area contributed by atoms with Gasteiger partial charge in [-0.15, -0.1) is 0 Å². The maximum Gasteiger partial charge on any atom is 0.165 e. The normalized spacial score (nSPS) is 14.7. The molecule has 6 nitrogen and oxygen atoms in total. The topological polar surface area (TPSA) is 82.0 Å². The Morgan fingerprint density at radius 3 is 2.59 bits per heavy atom. The first-order valence-corrected chi connectivity index (χ1v) is 11.8. The van der Waals surface area contributed by atoms with Gasteiger partial charge in [0.2, 0.25) is 0 Å².